The average Bonchev–Trinajstić information content (AvgIpc) is 2.24. The van der Waals surface area contributed by atoms with Crippen molar-refractivity contribution < 1.29 is 4.79 Å². The monoisotopic (exact) mass is 152 g/mol. The second kappa shape index (κ2) is 2.33. The fraction of sp³-hybridized carbons (Fsp3) is 0.900. The van der Waals surface area contributed by atoms with Crippen LogP contribution in [0.15, 0.2) is 0 Å². The molecule has 0 aromatic carbocycles. The van der Waals surface area contributed by atoms with Gasteiger partial charge in [0.2, 0.25) is 0 Å². The van der Waals surface area contributed by atoms with Gasteiger partial charge in [-0.05, 0) is 30.6 Å². The SMILES string of the molecule is CC1C(C)[C@H]2C[C@H]1CCC2=O. The Balaban J connectivity index is 2.22. The van der Waals surface area contributed by atoms with Crippen LogP contribution < -0.4 is 0 Å². The zero-order valence-electron chi connectivity index (χ0n) is 7.34. The third-order valence-electron chi connectivity index (χ3n) is 3.94. The lowest BCUT2D eigenvalue weighted by Crippen LogP contribution is -2.19. The lowest BCUT2D eigenvalue weighted by Gasteiger charge is -2.17. The van der Waals surface area contributed by atoms with Crippen molar-refractivity contribution in [2.75, 3.05) is 0 Å². The fourth-order valence-corrected chi connectivity index (χ4v) is 2.87. The molecule has 0 aliphatic heterocycles. The zero-order valence-corrected chi connectivity index (χ0v) is 7.34. The minimum absolute atomic E-state index is 0.434. The maximum Gasteiger partial charge on any atom is 0.136 e. The molecule has 0 N–H and O–H groups in total. The predicted octanol–water partition coefficient (Wildman–Crippen LogP) is 2.26. The summed E-state index contributed by atoms with van der Waals surface area (Å²) in [6, 6.07) is 0. The van der Waals surface area contributed by atoms with Gasteiger partial charge in [0.05, 0.1) is 0 Å². The molecule has 2 fully saturated rings. The van der Waals surface area contributed by atoms with Gasteiger partial charge >= 0.3 is 0 Å². The van der Waals surface area contributed by atoms with Crippen molar-refractivity contribution >= 4 is 5.78 Å². The van der Waals surface area contributed by atoms with E-state index in [-0.39, 0.29) is 0 Å². The van der Waals surface area contributed by atoms with Crippen LogP contribution in [0.5, 0.6) is 0 Å². The quantitative estimate of drug-likeness (QED) is 0.520. The van der Waals surface area contributed by atoms with E-state index in [0.29, 0.717) is 17.6 Å². The van der Waals surface area contributed by atoms with Crippen LogP contribution in [0.1, 0.15) is 33.1 Å². The number of ketones is 1. The van der Waals surface area contributed by atoms with Gasteiger partial charge in [-0.15, -0.1) is 0 Å². The Kier molecular flexibility index (Phi) is 1.55. The molecular weight excluding hydrogens is 136 g/mol. The summed E-state index contributed by atoms with van der Waals surface area (Å²) < 4.78 is 0. The Morgan fingerprint density at radius 3 is 2.64 bits per heavy atom. The van der Waals surface area contributed by atoms with Gasteiger partial charge < -0.3 is 0 Å². The van der Waals surface area contributed by atoms with Gasteiger partial charge in [-0.25, -0.2) is 0 Å². The molecule has 1 nitrogen and oxygen atoms in total. The van der Waals surface area contributed by atoms with Crippen LogP contribution in [0.4, 0.5) is 0 Å². The van der Waals surface area contributed by atoms with Crippen LogP contribution in [-0.4, -0.2) is 5.78 Å². The van der Waals surface area contributed by atoms with Crippen LogP contribution in [0, 0.1) is 23.7 Å². The lowest BCUT2D eigenvalue weighted by molar-refractivity contribution is -0.124. The predicted molar refractivity (Wildman–Crippen MR) is 44.2 cm³/mol. The molecule has 2 saturated carbocycles. The summed E-state index contributed by atoms with van der Waals surface area (Å²) in [6.07, 6.45) is 3.23. The highest BCUT2D eigenvalue weighted by molar-refractivity contribution is 5.82. The van der Waals surface area contributed by atoms with E-state index >= 15 is 0 Å². The van der Waals surface area contributed by atoms with Crippen molar-refractivity contribution in [3.05, 3.63) is 0 Å². The Labute approximate surface area is 68.2 Å². The average molecular weight is 152 g/mol. The lowest BCUT2D eigenvalue weighted by atomic mass is 9.86. The first kappa shape index (κ1) is 7.33. The molecule has 0 heterocycles. The van der Waals surface area contributed by atoms with Crippen molar-refractivity contribution in [3.63, 3.8) is 0 Å². The molecule has 2 aliphatic rings. The normalized spacial score (nSPS) is 49.8. The molecule has 0 amide bonds. The molecule has 0 radical (unpaired) electrons. The molecule has 0 aromatic rings. The minimum Gasteiger partial charge on any atom is -0.299 e. The fourth-order valence-electron chi connectivity index (χ4n) is 2.87. The highest BCUT2D eigenvalue weighted by Crippen LogP contribution is 2.47. The van der Waals surface area contributed by atoms with Gasteiger partial charge in [-0.2, -0.15) is 0 Å². The molecule has 0 spiro atoms. The van der Waals surface area contributed by atoms with Crippen molar-refractivity contribution in [2.45, 2.75) is 33.1 Å². The van der Waals surface area contributed by atoms with Gasteiger partial charge in [-0.1, -0.05) is 13.8 Å². The Hall–Kier alpha value is -0.330. The van der Waals surface area contributed by atoms with Gasteiger partial charge in [-0.3, -0.25) is 4.79 Å². The second-order valence-corrected chi connectivity index (χ2v) is 4.33. The van der Waals surface area contributed by atoms with E-state index in [0.717, 1.165) is 18.3 Å². The summed E-state index contributed by atoms with van der Waals surface area (Å²) in [5, 5.41) is 0. The number of hydrogen-bond donors (Lipinski definition) is 0. The molecule has 1 heteroatoms. The van der Waals surface area contributed by atoms with E-state index in [2.05, 4.69) is 13.8 Å². The molecule has 11 heavy (non-hydrogen) atoms. The molecule has 2 unspecified atom stereocenters. The first-order valence-corrected chi connectivity index (χ1v) is 4.73. The molecule has 4 atom stereocenters. The third kappa shape index (κ3) is 0.935. The Morgan fingerprint density at radius 1 is 1.27 bits per heavy atom. The summed E-state index contributed by atoms with van der Waals surface area (Å²) in [4.78, 5) is 11.4. The first-order valence-electron chi connectivity index (χ1n) is 4.73. The van der Waals surface area contributed by atoms with Crippen LogP contribution in [-0.2, 0) is 4.79 Å². The maximum atomic E-state index is 11.4. The first-order chi connectivity index (χ1) is 5.20. The van der Waals surface area contributed by atoms with Gasteiger partial charge in [0.15, 0.2) is 0 Å². The molecule has 0 aromatic heterocycles. The number of fused-ring (bicyclic) bond motifs is 2. The largest absolute Gasteiger partial charge is 0.299 e. The molecule has 2 aliphatic carbocycles. The van der Waals surface area contributed by atoms with E-state index in [9.17, 15) is 4.79 Å². The van der Waals surface area contributed by atoms with Gasteiger partial charge in [0.1, 0.15) is 5.78 Å². The standard InChI is InChI=1S/C10H16O/c1-6-7(2)9-5-8(6)3-4-10(9)11/h6-9H,3-5H2,1-2H3/t6?,7?,8-,9-/m1/s1. The summed E-state index contributed by atoms with van der Waals surface area (Å²) in [7, 11) is 0. The third-order valence-corrected chi connectivity index (χ3v) is 3.94. The summed E-state index contributed by atoms with van der Waals surface area (Å²) in [5.74, 6) is 3.30. The number of Topliss-reactive ketones (excluding diaryl/α,β-unsaturated/α-hetero) is 1. The van der Waals surface area contributed by atoms with Crippen molar-refractivity contribution in [3.8, 4) is 0 Å². The number of rotatable bonds is 0. The molecule has 62 valence electrons. The molecular formula is C10H16O. The van der Waals surface area contributed by atoms with E-state index in [4.69, 9.17) is 0 Å². The number of hydrogen-bond acceptors (Lipinski definition) is 1. The maximum absolute atomic E-state index is 11.4. The van der Waals surface area contributed by atoms with Crippen LogP contribution in [0.3, 0.4) is 0 Å². The van der Waals surface area contributed by atoms with E-state index in [1.165, 1.54) is 12.8 Å². The summed E-state index contributed by atoms with van der Waals surface area (Å²) in [6.45, 7) is 4.56. The Bertz CT molecular complexity index is 185. The highest BCUT2D eigenvalue weighted by Gasteiger charge is 2.44. The topological polar surface area (TPSA) is 17.1 Å². The van der Waals surface area contributed by atoms with Crippen LogP contribution in [0.2, 0.25) is 0 Å². The van der Waals surface area contributed by atoms with Crippen LogP contribution in [0.25, 0.3) is 0 Å². The number of carbonyl (C=O) groups is 1. The highest BCUT2D eigenvalue weighted by atomic mass is 16.1. The van der Waals surface area contributed by atoms with E-state index in [1.54, 1.807) is 0 Å². The molecule has 0 saturated heterocycles. The van der Waals surface area contributed by atoms with Crippen LogP contribution >= 0.6 is 0 Å². The molecule has 2 rings (SSSR count). The van der Waals surface area contributed by atoms with Gasteiger partial charge in [0.25, 0.3) is 0 Å². The summed E-state index contributed by atoms with van der Waals surface area (Å²) in [5.41, 5.74) is 0. The number of carbonyl (C=O) groups excluding carboxylic acids is 1. The summed E-state index contributed by atoms with van der Waals surface area (Å²) >= 11 is 0. The van der Waals surface area contributed by atoms with Crippen molar-refractivity contribution in [1.29, 1.82) is 0 Å². The van der Waals surface area contributed by atoms with Gasteiger partial charge in [0, 0.05) is 12.3 Å². The van der Waals surface area contributed by atoms with E-state index < -0.39 is 0 Å². The molecule has 2 bridgehead atoms. The van der Waals surface area contributed by atoms with Crippen molar-refractivity contribution in [1.82, 2.24) is 0 Å². The Morgan fingerprint density at radius 2 is 2.00 bits per heavy atom. The zero-order chi connectivity index (χ0) is 8.01. The van der Waals surface area contributed by atoms with E-state index in [1.807, 2.05) is 0 Å². The smallest absolute Gasteiger partial charge is 0.136 e. The second-order valence-electron chi connectivity index (χ2n) is 4.33. The minimum atomic E-state index is 0.434. The van der Waals surface area contributed by atoms with Crippen molar-refractivity contribution in [2.24, 2.45) is 23.7 Å².